The summed E-state index contributed by atoms with van der Waals surface area (Å²) in [7, 11) is 1.58. The zero-order valence-corrected chi connectivity index (χ0v) is 11.1. The first kappa shape index (κ1) is 13.1. The van der Waals surface area contributed by atoms with Crippen molar-refractivity contribution >= 4 is 5.91 Å². The number of carbonyl (C=O) groups excluding carboxylic acids is 1. The van der Waals surface area contributed by atoms with Crippen LogP contribution in [0.2, 0.25) is 0 Å². The maximum atomic E-state index is 12.0. The van der Waals surface area contributed by atoms with E-state index in [-0.39, 0.29) is 5.91 Å². The van der Waals surface area contributed by atoms with Crippen molar-refractivity contribution in [3.8, 4) is 5.75 Å². The number of rotatable bonds is 4. The third kappa shape index (κ3) is 3.31. The van der Waals surface area contributed by atoms with Crippen LogP contribution >= 0.6 is 0 Å². The van der Waals surface area contributed by atoms with E-state index in [4.69, 9.17) is 4.74 Å². The van der Waals surface area contributed by atoms with Crippen LogP contribution in [0.15, 0.2) is 48.8 Å². The molecule has 1 aromatic heterocycles. The lowest BCUT2D eigenvalue weighted by Crippen LogP contribution is -2.47. The molecule has 0 atom stereocenters. The zero-order chi connectivity index (χ0) is 13.7. The van der Waals surface area contributed by atoms with E-state index in [1.165, 1.54) is 5.56 Å². The first-order chi connectivity index (χ1) is 9.22. The summed E-state index contributed by atoms with van der Waals surface area (Å²) in [6, 6.07) is 11.0. The summed E-state index contributed by atoms with van der Waals surface area (Å²) in [6.07, 6.45) is 4.64. The van der Waals surface area contributed by atoms with Crippen molar-refractivity contribution in [2.45, 2.75) is 13.3 Å². The number of benzene rings is 1. The number of amides is 1. The van der Waals surface area contributed by atoms with Gasteiger partial charge in [-0.25, -0.2) is 0 Å². The molecule has 0 saturated heterocycles. The molecule has 0 bridgehead atoms. The van der Waals surface area contributed by atoms with Crippen molar-refractivity contribution < 1.29 is 14.2 Å². The number of hydrogen-bond donors (Lipinski definition) is 1. The van der Waals surface area contributed by atoms with E-state index in [1.807, 2.05) is 24.5 Å². The monoisotopic (exact) mass is 257 g/mol. The Hall–Kier alpha value is -2.36. The minimum Gasteiger partial charge on any atom is -0.497 e. The number of methoxy groups -OCH3 is 1. The van der Waals surface area contributed by atoms with Gasteiger partial charge in [0.1, 0.15) is 5.75 Å². The first-order valence-electron chi connectivity index (χ1n) is 6.18. The third-order valence-corrected chi connectivity index (χ3v) is 2.87. The molecule has 1 heterocycles. The van der Waals surface area contributed by atoms with Gasteiger partial charge in [-0.05, 0) is 30.2 Å². The van der Waals surface area contributed by atoms with E-state index in [9.17, 15) is 4.79 Å². The molecule has 0 aliphatic heterocycles. The highest BCUT2D eigenvalue weighted by Crippen LogP contribution is 2.12. The minimum absolute atomic E-state index is 0.173. The Labute approximate surface area is 112 Å². The molecule has 2 rings (SSSR count). The average Bonchev–Trinajstić information content (AvgIpc) is 2.48. The van der Waals surface area contributed by atoms with Gasteiger partial charge in [-0.3, -0.25) is 4.79 Å². The average molecular weight is 257 g/mol. The molecule has 19 heavy (non-hydrogen) atoms. The highest BCUT2D eigenvalue weighted by Gasteiger charge is 2.11. The van der Waals surface area contributed by atoms with Gasteiger partial charge in [0.25, 0.3) is 0 Å². The summed E-state index contributed by atoms with van der Waals surface area (Å²) in [5.74, 6) is 0.493. The number of aromatic nitrogens is 1. The molecule has 0 fully saturated rings. The third-order valence-electron chi connectivity index (χ3n) is 2.87. The lowest BCUT2D eigenvalue weighted by atomic mass is 10.2. The Kier molecular flexibility index (Phi) is 4.13. The second kappa shape index (κ2) is 6.00. The molecule has 1 amide bonds. The molecule has 0 aliphatic rings. The first-order valence-corrected chi connectivity index (χ1v) is 6.18. The standard InChI is InChI=1S/C15H16N2O2/c1-3-12-7-9-17(10-8-12)16-15(18)13-5-4-6-14(11-13)19-2/h4-11H,3H2,1-2H3/p+1. The normalized spacial score (nSPS) is 10.0. The van der Waals surface area contributed by atoms with Gasteiger partial charge in [-0.15, -0.1) is 5.43 Å². The fourth-order valence-corrected chi connectivity index (χ4v) is 1.71. The molecule has 2 aromatic rings. The number of aryl methyl sites for hydroxylation is 1. The van der Waals surface area contributed by atoms with Crippen molar-refractivity contribution in [1.29, 1.82) is 0 Å². The van der Waals surface area contributed by atoms with E-state index in [0.29, 0.717) is 11.3 Å². The van der Waals surface area contributed by atoms with Gasteiger partial charge in [0.05, 0.1) is 7.11 Å². The van der Waals surface area contributed by atoms with Gasteiger partial charge in [0, 0.05) is 17.7 Å². The summed E-state index contributed by atoms with van der Waals surface area (Å²) >= 11 is 0. The van der Waals surface area contributed by atoms with E-state index in [1.54, 1.807) is 36.1 Å². The van der Waals surface area contributed by atoms with Gasteiger partial charge in [-0.1, -0.05) is 17.7 Å². The van der Waals surface area contributed by atoms with Crippen LogP contribution in [0.1, 0.15) is 22.8 Å². The molecular weight excluding hydrogens is 240 g/mol. The summed E-state index contributed by atoms with van der Waals surface area (Å²) in [4.78, 5) is 12.0. The number of hydrogen-bond acceptors (Lipinski definition) is 2. The van der Waals surface area contributed by atoms with Crippen LogP contribution in [0.5, 0.6) is 5.75 Å². The van der Waals surface area contributed by atoms with E-state index < -0.39 is 0 Å². The molecule has 0 unspecified atom stereocenters. The van der Waals surface area contributed by atoms with Crippen LogP contribution in [0.25, 0.3) is 0 Å². The van der Waals surface area contributed by atoms with E-state index in [2.05, 4.69) is 12.3 Å². The van der Waals surface area contributed by atoms with Crippen molar-refractivity contribution in [3.05, 3.63) is 59.9 Å². The lowest BCUT2D eigenvalue weighted by Gasteiger charge is -2.03. The Morgan fingerprint density at radius 2 is 2.00 bits per heavy atom. The lowest BCUT2D eigenvalue weighted by molar-refractivity contribution is -0.641. The molecule has 0 saturated carbocycles. The van der Waals surface area contributed by atoms with Crippen LogP contribution in [0.3, 0.4) is 0 Å². The predicted octanol–water partition coefficient (Wildman–Crippen LogP) is 1.93. The molecular formula is C15H17N2O2+. The maximum Gasteiger partial charge on any atom is 0.305 e. The van der Waals surface area contributed by atoms with E-state index in [0.717, 1.165) is 6.42 Å². The van der Waals surface area contributed by atoms with Crippen LogP contribution < -0.4 is 14.8 Å². The van der Waals surface area contributed by atoms with Gasteiger partial charge in [0.2, 0.25) is 0 Å². The molecule has 4 heteroatoms. The minimum atomic E-state index is -0.173. The Morgan fingerprint density at radius 3 is 2.63 bits per heavy atom. The van der Waals surface area contributed by atoms with Gasteiger partial charge >= 0.3 is 5.91 Å². The van der Waals surface area contributed by atoms with Gasteiger partial charge in [0.15, 0.2) is 12.4 Å². The highest BCUT2D eigenvalue weighted by molar-refractivity contribution is 5.99. The SMILES string of the molecule is CCc1cc[n+](NC(=O)c2cccc(OC)c2)cc1. The zero-order valence-electron chi connectivity index (χ0n) is 11.1. The number of pyridine rings is 1. The van der Waals surface area contributed by atoms with Crippen LogP contribution in [-0.4, -0.2) is 13.0 Å². The van der Waals surface area contributed by atoms with Crippen LogP contribution in [0.4, 0.5) is 0 Å². The molecule has 0 aliphatic carbocycles. The topological polar surface area (TPSA) is 42.2 Å². The molecule has 4 nitrogen and oxygen atoms in total. The smallest absolute Gasteiger partial charge is 0.305 e. The molecule has 1 N–H and O–H groups in total. The molecule has 98 valence electrons. The summed E-state index contributed by atoms with van der Waals surface area (Å²) in [5, 5.41) is 0. The van der Waals surface area contributed by atoms with Gasteiger partial charge in [-0.2, -0.15) is 0 Å². The summed E-state index contributed by atoms with van der Waals surface area (Å²) < 4.78 is 6.74. The van der Waals surface area contributed by atoms with E-state index >= 15 is 0 Å². The van der Waals surface area contributed by atoms with Crippen molar-refractivity contribution in [1.82, 2.24) is 0 Å². The predicted molar refractivity (Wildman–Crippen MR) is 72.7 cm³/mol. The Morgan fingerprint density at radius 1 is 1.26 bits per heavy atom. The number of nitrogens with one attached hydrogen (secondary N) is 1. The number of nitrogens with zero attached hydrogens (tertiary/aromatic N) is 1. The fourth-order valence-electron chi connectivity index (χ4n) is 1.71. The highest BCUT2D eigenvalue weighted by atomic mass is 16.5. The second-order valence-corrected chi connectivity index (χ2v) is 4.14. The quantitative estimate of drug-likeness (QED) is 0.850. The Bertz CT molecular complexity index is 565. The number of carbonyl (C=O) groups is 1. The number of ether oxygens (including phenoxy) is 1. The van der Waals surface area contributed by atoms with Gasteiger partial charge < -0.3 is 4.74 Å². The van der Waals surface area contributed by atoms with Crippen LogP contribution in [0, 0.1) is 0 Å². The largest absolute Gasteiger partial charge is 0.497 e. The van der Waals surface area contributed by atoms with Crippen molar-refractivity contribution in [2.75, 3.05) is 12.5 Å². The molecule has 1 aromatic carbocycles. The molecule has 0 radical (unpaired) electrons. The van der Waals surface area contributed by atoms with Crippen molar-refractivity contribution in [2.24, 2.45) is 0 Å². The summed E-state index contributed by atoms with van der Waals surface area (Å²) in [6.45, 7) is 2.09. The second-order valence-electron chi connectivity index (χ2n) is 4.14. The fraction of sp³-hybridized carbons (Fsp3) is 0.200. The summed E-state index contributed by atoms with van der Waals surface area (Å²) in [5.41, 5.74) is 4.57. The van der Waals surface area contributed by atoms with Crippen molar-refractivity contribution in [3.63, 3.8) is 0 Å². The maximum absolute atomic E-state index is 12.0. The van der Waals surface area contributed by atoms with Crippen LogP contribution in [-0.2, 0) is 6.42 Å². The molecule has 0 spiro atoms. The Balaban J connectivity index is 2.11.